The standard InChI is InChI=1S/C8H10N2O.HI/c1-6-3-4-10(2)5-7(6)8(9)11;/h3-5H,1-2H3,(H-,9,11);1H. The molecule has 0 atom stereocenters. The Kier molecular flexibility index (Phi) is 4.16. The molecule has 0 radical (unpaired) electrons. The van der Waals surface area contributed by atoms with Crippen LogP contribution in [0.1, 0.15) is 15.9 Å². The smallest absolute Gasteiger partial charge is 0.255 e. The van der Waals surface area contributed by atoms with Crippen LogP contribution in [0.15, 0.2) is 18.5 Å². The van der Waals surface area contributed by atoms with Crippen molar-refractivity contribution < 1.29 is 33.3 Å². The largest absolute Gasteiger partial charge is 1.00 e. The van der Waals surface area contributed by atoms with E-state index in [1.54, 1.807) is 10.8 Å². The van der Waals surface area contributed by atoms with Crippen LogP contribution in [0.5, 0.6) is 0 Å². The number of rotatable bonds is 1. The molecule has 0 aromatic carbocycles. The Morgan fingerprint density at radius 3 is 2.58 bits per heavy atom. The first-order valence-electron chi connectivity index (χ1n) is 3.37. The molecule has 0 fully saturated rings. The Bertz CT molecular complexity index is 299. The molecule has 66 valence electrons. The number of hydrogen-bond donors (Lipinski definition) is 1. The zero-order chi connectivity index (χ0) is 8.43. The number of nitrogens with zero attached hydrogens (tertiary/aromatic N) is 1. The van der Waals surface area contributed by atoms with Crippen molar-refractivity contribution in [2.24, 2.45) is 12.8 Å². The molecule has 2 N–H and O–H groups in total. The van der Waals surface area contributed by atoms with Gasteiger partial charge in [-0.2, -0.15) is 0 Å². The average molecular weight is 278 g/mol. The molecule has 0 unspecified atom stereocenters. The summed E-state index contributed by atoms with van der Waals surface area (Å²) in [4.78, 5) is 10.8. The van der Waals surface area contributed by atoms with E-state index < -0.39 is 0 Å². The zero-order valence-corrected chi connectivity index (χ0v) is 9.20. The van der Waals surface area contributed by atoms with Crippen molar-refractivity contribution in [2.75, 3.05) is 0 Å². The van der Waals surface area contributed by atoms with Crippen LogP contribution in [0, 0.1) is 6.92 Å². The van der Waals surface area contributed by atoms with E-state index in [1.165, 1.54) is 0 Å². The molecule has 1 aromatic heterocycles. The van der Waals surface area contributed by atoms with Crippen molar-refractivity contribution in [3.05, 3.63) is 29.6 Å². The summed E-state index contributed by atoms with van der Waals surface area (Å²) in [7, 11) is 1.85. The number of halogens is 1. The van der Waals surface area contributed by atoms with Gasteiger partial charge in [0, 0.05) is 6.07 Å². The van der Waals surface area contributed by atoms with E-state index in [2.05, 4.69) is 0 Å². The van der Waals surface area contributed by atoms with E-state index in [1.807, 2.05) is 26.2 Å². The van der Waals surface area contributed by atoms with Crippen molar-refractivity contribution in [2.45, 2.75) is 6.92 Å². The highest BCUT2D eigenvalue weighted by molar-refractivity contribution is 5.93. The number of carbonyl (C=O) groups excluding carboxylic acids is 1. The van der Waals surface area contributed by atoms with Crippen LogP contribution < -0.4 is 34.3 Å². The third-order valence-electron chi connectivity index (χ3n) is 1.58. The van der Waals surface area contributed by atoms with Gasteiger partial charge >= 0.3 is 0 Å². The van der Waals surface area contributed by atoms with E-state index in [4.69, 9.17) is 5.73 Å². The summed E-state index contributed by atoms with van der Waals surface area (Å²) >= 11 is 0. The van der Waals surface area contributed by atoms with Gasteiger partial charge in [0.15, 0.2) is 12.4 Å². The average Bonchev–Trinajstić information content (AvgIpc) is 1.94. The number of hydrogen-bond acceptors (Lipinski definition) is 1. The molecule has 1 aromatic rings. The second-order valence-electron chi connectivity index (χ2n) is 2.57. The summed E-state index contributed by atoms with van der Waals surface area (Å²) in [5.74, 6) is -0.376. The minimum absolute atomic E-state index is 0. The summed E-state index contributed by atoms with van der Waals surface area (Å²) in [6, 6.07) is 1.86. The first-order chi connectivity index (χ1) is 5.11. The third-order valence-corrected chi connectivity index (χ3v) is 1.58. The Hall–Kier alpha value is -0.650. The zero-order valence-electron chi connectivity index (χ0n) is 7.04. The Morgan fingerprint density at radius 1 is 1.58 bits per heavy atom. The summed E-state index contributed by atoms with van der Waals surface area (Å²) in [5.41, 5.74) is 6.62. The molecule has 0 spiro atoms. The summed E-state index contributed by atoms with van der Waals surface area (Å²) < 4.78 is 1.80. The molecule has 0 aliphatic heterocycles. The maximum Gasteiger partial charge on any atom is 0.255 e. The molecule has 1 rings (SSSR count). The van der Waals surface area contributed by atoms with Gasteiger partial charge in [-0.15, -0.1) is 0 Å². The van der Waals surface area contributed by atoms with Crippen molar-refractivity contribution in [3.63, 3.8) is 0 Å². The van der Waals surface area contributed by atoms with Gasteiger partial charge in [-0.3, -0.25) is 4.79 Å². The molecule has 4 heteroatoms. The minimum Gasteiger partial charge on any atom is -1.00 e. The van der Waals surface area contributed by atoms with Crippen molar-refractivity contribution >= 4 is 5.91 Å². The maximum absolute atomic E-state index is 10.8. The number of primary amides is 1. The van der Waals surface area contributed by atoms with Crippen LogP contribution in [0.2, 0.25) is 0 Å². The minimum atomic E-state index is -0.376. The molecule has 3 nitrogen and oxygen atoms in total. The van der Waals surface area contributed by atoms with Gasteiger partial charge in [-0.25, -0.2) is 4.57 Å². The van der Waals surface area contributed by atoms with Crippen LogP contribution in [0.25, 0.3) is 0 Å². The van der Waals surface area contributed by atoms with Gasteiger partial charge in [0.05, 0.1) is 0 Å². The second kappa shape index (κ2) is 4.39. The fourth-order valence-corrected chi connectivity index (χ4v) is 0.926. The number of aryl methyl sites for hydroxylation is 2. The second-order valence-corrected chi connectivity index (χ2v) is 2.57. The van der Waals surface area contributed by atoms with E-state index in [9.17, 15) is 4.79 Å². The molecule has 0 bridgehead atoms. The number of aromatic nitrogens is 1. The van der Waals surface area contributed by atoms with Gasteiger partial charge in [0.1, 0.15) is 12.6 Å². The fraction of sp³-hybridized carbons (Fsp3) is 0.250. The Morgan fingerprint density at radius 2 is 2.17 bits per heavy atom. The monoisotopic (exact) mass is 278 g/mol. The van der Waals surface area contributed by atoms with E-state index >= 15 is 0 Å². The number of pyridine rings is 1. The highest BCUT2D eigenvalue weighted by Gasteiger charge is 2.07. The molecule has 0 saturated heterocycles. The molecule has 0 aliphatic rings. The van der Waals surface area contributed by atoms with E-state index in [-0.39, 0.29) is 29.9 Å². The van der Waals surface area contributed by atoms with Crippen LogP contribution in [0.4, 0.5) is 0 Å². The first kappa shape index (κ1) is 11.4. The molecular weight excluding hydrogens is 267 g/mol. The molecular formula is C8H11IN2O. The number of nitrogens with two attached hydrogens (primary N) is 1. The summed E-state index contributed by atoms with van der Waals surface area (Å²) in [6.07, 6.45) is 3.60. The lowest BCUT2D eigenvalue weighted by atomic mass is 10.1. The predicted molar refractivity (Wildman–Crippen MR) is 40.9 cm³/mol. The van der Waals surface area contributed by atoms with Crippen LogP contribution in [-0.4, -0.2) is 5.91 Å². The predicted octanol–water partition coefficient (Wildman–Crippen LogP) is -3.08. The van der Waals surface area contributed by atoms with Gasteiger partial charge in [-0.05, 0) is 12.5 Å². The Balaban J connectivity index is 0.00000121. The normalized spacial score (nSPS) is 8.83. The van der Waals surface area contributed by atoms with Gasteiger partial charge < -0.3 is 29.7 Å². The van der Waals surface area contributed by atoms with Crippen LogP contribution in [-0.2, 0) is 7.05 Å². The number of amides is 1. The van der Waals surface area contributed by atoms with Crippen molar-refractivity contribution in [1.82, 2.24) is 0 Å². The highest BCUT2D eigenvalue weighted by atomic mass is 127. The molecule has 1 heterocycles. The fourth-order valence-electron chi connectivity index (χ4n) is 0.926. The lowest BCUT2D eigenvalue weighted by Gasteiger charge is -1.96. The highest BCUT2D eigenvalue weighted by Crippen LogP contribution is 2.01. The lowest BCUT2D eigenvalue weighted by Crippen LogP contribution is -3.00. The Labute approximate surface area is 88.6 Å². The third kappa shape index (κ3) is 2.44. The molecule has 0 aliphatic carbocycles. The molecule has 12 heavy (non-hydrogen) atoms. The first-order valence-corrected chi connectivity index (χ1v) is 3.37. The van der Waals surface area contributed by atoms with E-state index in [0.29, 0.717) is 5.56 Å². The summed E-state index contributed by atoms with van der Waals surface area (Å²) in [5, 5.41) is 0. The van der Waals surface area contributed by atoms with Gasteiger partial charge in [0.25, 0.3) is 5.91 Å². The SMILES string of the molecule is Cc1cc[n+](C)cc1C(N)=O.[I-]. The van der Waals surface area contributed by atoms with Crippen LogP contribution in [0.3, 0.4) is 0 Å². The van der Waals surface area contributed by atoms with Crippen LogP contribution >= 0.6 is 0 Å². The van der Waals surface area contributed by atoms with E-state index in [0.717, 1.165) is 5.56 Å². The van der Waals surface area contributed by atoms with Crippen molar-refractivity contribution in [1.29, 1.82) is 0 Å². The van der Waals surface area contributed by atoms with Crippen molar-refractivity contribution in [3.8, 4) is 0 Å². The van der Waals surface area contributed by atoms with Gasteiger partial charge in [0.2, 0.25) is 0 Å². The lowest BCUT2D eigenvalue weighted by molar-refractivity contribution is -0.671. The summed E-state index contributed by atoms with van der Waals surface area (Å²) in [6.45, 7) is 1.86. The molecule has 0 saturated carbocycles. The quantitative estimate of drug-likeness (QED) is 0.430. The topological polar surface area (TPSA) is 47.0 Å². The molecule has 1 amide bonds. The number of carbonyl (C=O) groups is 1. The maximum atomic E-state index is 10.8. The van der Waals surface area contributed by atoms with Gasteiger partial charge in [-0.1, -0.05) is 0 Å².